The van der Waals surface area contributed by atoms with Gasteiger partial charge in [0.15, 0.2) is 0 Å². The molecule has 78 valence electrons. The van der Waals surface area contributed by atoms with Gasteiger partial charge in [-0.05, 0) is 18.0 Å². The smallest absolute Gasteiger partial charge is 0.314 e. The van der Waals surface area contributed by atoms with E-state index in [9.17, 15) is 4.79 Å². The maximum absolute atomic E-state index is 11.2. The van der Waals surface area contributed by atoms with Gasteiger partial charge in [-0.3, -0.25) is 4.79 Å². The number of hydrogen-bond donors (Lipinski definition) is 0. The van der Waals surface area contributed by atoms with Crippen molar-refractivity contribution >= 4 is 5.97 Å². The van der Waals surface area contributed by atoms with Crippen LogP contribution in [-0.4, -0.2) is 12.0 Å². The number of nitrogens with zero attached hydrogens (tertiary/aromatic N) is 3. The van der Waals surface area contributed by atoms with Gasteiger partial charge in [-0.25, -0.2) is 0 Å². The molecule has 0 saturated carbocycles. The zero-order chi connectivity index (χ0) is 11.1. The zero-order valence-corrected chi connectivity index (χ0v) is 8.33. The number of benzene rings is 1. The van der Waals surface area contributed by atoms with Gasteiger partial charge in [-0.1, -0.05) is 35.4 Å². The zero-order valence-electron chi connectivity index (χ0n) is 8.33. The van der Waals surface area contributed by atoms with E-state index in [1.807, 2.05) is 30.3 Å². The van der Waals surface area contributed by atoms with E-state index in [0.717, 1.165) is 5.56 Å². The van der Waals surface area contributed by atoms with Crippen LogP contribution >= 0.6 is 0 Å². The SMILES string of the molecule is CC(N=[N+]=[N-])C(=O)OCc1ccccc1. The van der Waals surface area contributed by atoms with Crippen LogP contribution in [0.25, 0.3) is 10.4 Å². The summed E-state index contributed by atoms with van der Waals surface area (Å²) in [4.78, 5) is 13.8. The maximum Gasteiger partial charge on any atom is 0.314 e. The van der Waals surface area contributed by atoms with E-state index in [0.29, 0.717) is 0 Å². The molecular formula is C10H11N3O2. The largest absolute Gasteiger partial charge is 0.461 e. The number of ether oxygens (including phenoxy) is 1. The van der Waals surface area contributed by atoms with Crippen molar-refractivity contribution < 1.29 is 9.53 Å². The highest BCUT2D eigenvalue weighted by atomic mass is 16.5. The summed E-state index contributed by atoms with van der Waals surface area (Å²) < 4.78 is 4.94. The first-order valence-corrected chi connectivity index (χ1v) is 4.49. The average molecular weight is 205 g/mol. The molecule has 0 amide bonds. The molecule has 0 saturated heterocycles. The molecular weight excluding hydrogens is 194 g/mol. The van der Waals surface area contributed by atoms with Crippen LogP contribution in [0.2, 0.25) is 0 Å². The fourth-order valence-electron chi connectivity index (χ4n) is 0.974. The van der Waals surface area contributed by atoms with Crippen molar-refractivity contribution in [3.05, 3.63) is 46.3 Å². The highest BCUT2D eigenvalue weighted by molar-refractivity contribution is 5.75. The lowest BCUT2D eigenvalue weighted by atomic mass is 10.2. The van der Waals surface area contributed by atoms with Crippen LogP contribution in [0.3, 0.4) is 0 Å². The van der Waals surface area contributed by atoms with Gasteiger partial charge in [0.1, 0.15) is 12.6 Å². The third-order valence-electron chi connectivity index (χ3n) is 1.79. The van der Waals surface area contributed by atoms with Gasteiger partial charge in [0, 0.05) is 4.91 Å². The molecule has 0 heterocycles. The molecule has 0 aromatic heterocycles. The highest BCUT2D eigenvalue weighted by Gasteiger charge is 2.11. The Labute approximate surface area is 87.3 Å². The first-order valence-electron chi connectivity index (χ1n) is 4.49. The molecule has 0 aliphatic heterocycles. The monoisotopic (exact) mass is 205 g/mol. The lowest BCUT2D eigenvalue weighted by molar-refractivity contribution is -0.146. The number of esters is 1. The number of rotatable bonds is 4. The van der Waals surface area contributed by atoms with Crippen molar-refractivity contribution in [2.24, 2.45) is 5.11 Å². The van der Waals surface area contributed by atoms with Crippen molar-refractivity contribution in [3.63, 3.8) is 0 Å². The first-order chi connectivity index (χ1) is 7.24. The van der Waals surface area contributed by atoms with Gasteiger partial charge in [-0.2, -0.15) is 0 Å². The Hall–Kier alpha value is -2.00. The molecule has 0 radical (unpaired) electrons. The summed E-state index contributed by atoms with van der Waals surface area (Å²) in [6.45, 7) is 1.69. The molecule has 1 unspecified atom stereocenters. The third kappa shape index (κ3) is 3.70. The van der Waals surface area contributed by atoms with Crippen LogP contribution in [-0.2, 0) is 16.1 Å². The number of carbonyl (C=O) groups excluding carboxylic acids is 1. The summed E-state index contributed by atoms with van der Waals surface area (Å²) in [5.41, 5.74) is 9.02. The standard InChI is InChI=1S/C10H11N3O2/c1-8(12-13-11)10(14)15-7-9-5-3-2-4-6-9/h2-6,8H,7H2,1H3. The van der Waals surface area contributed by atoms with Gasteiger partial charge in [-0.15, -0.1) is 0 Å². The van der Waals surface area contributed by atoms with Crippen molar-refractivity contribution in [3.8, 4) is 0 Å². The minimum absolute atomic E-state index is 0.199. The molecule has 5 heteroatoms. The Morgan fingerprint density at radius 3 is 2.80 bits per heavy atom. The molecule has 0 fully saturated rings. The third-order valence-corrected chi connectivity index (χ3v) is 1.79. The van der Waals surface area contributed by atoms with Crippen LogP contribution in [0.4, 0.5) is 0 Å². The van der Waals surface area contributed by atoms with E-state index in [1.54, 1.807) is 0 Å². The fourth-order valence-corrected chi connectivity index (χ4v) is 0.974. The van der Waals surface area contributed by atoms with Crippen LogP contribution < -0.4 is 0 Å². The van der Waals surface area contributed by atoms with Gasteiger partial charge >= 0.3 is 5.97 Å². The Morgan fingerprint density at radius 2 is 2.20 bits per heavy atom. The summed E-state index contributed by atoms with van der Waals surface area (Å²) >= 11 is 0. The van der Waals surface area contributed by atoms with Crippen molar-refractivity contribution in [2.75, 3.05) is 0 Å². The number of azide groups is 1. The molecule has 1 rings (SSSR count). The molecule has 1 aromatic carbocycles. The minimum Gasteiger partial charge on any atom is -0.461 e. The van der Waals surface area contributed by atoms with Crippen LogP contribution in [0.5, 0.6) is 0 Å². The predicted octanol–water partition coefficient (Wildman–Crippen LogP) is 2.43. The van der Waals surface area contributed by atoms with Crippen molar-refractivity contribution in [2.45, 2.75) is 19.6 Å². The van der Waals surface area contributed by atoms with Gasteiger partial charge < -0.3 is 4.74 Å². The van der Waals surface area contributed by atoms with E-state index in [-0.39, 0.29) is 6.61 Å². The Kier molecular flexibility index (Phi) is 4.19. The Bertz CT molecular complexity index is 372. The molecule has 0 bridgehead atoms. The summed E-state index contributed by atoms with van der Waals surface area (Å²) in [7, 11) is 0. The van der Waals surface area contributed by atoms with E-state index in [1.165, 1.54) is 6.92 Å². The molecule has 0 N–H and O–H groups in total. The number of hydrogen-bond acceptors (Lipinski definition) is 3. The molecule has 0 spiro atoms. The van der Waals surface area contributed by atoms with E-state index in [2.05, 4.69) is 10.0 Å². The highest BCUT2D eigenvalue weighted by Crippen LogP contribution is 2.03. The van der Waals surface area contributed by atoms with Crippen LogP contribution in [0, 0.1) is 0 Å². The summed E-state index contributed by atoms with van der Waals surface area (Å²) in [6, 6.07) is 8.53. The van der Waals surface area contributed by atoms with Crippen LogP contribution in [0.1, 0.15) is 12.5 Å². The normalized spacial score (nSPS) is 11.3. The second kappa shape index (κ2) is 5.67. The quantitative estimate of drug-likeness (QED) is 0.327. The molecule has 0 aliphatic carbocycles. The summed E-state index contributed by atoms with van der Waals surface area (Å²) in [5.74, 6) is -0.517. The molecule has 1 aromatic rings. The Balaban J connectivity index is 2.44. The van der Waals surface area contributed by atoms with Crippen LogP contribution in [0.15, 0.2) is 35.4 Å². The lowest BCUT2D eigenvalue weighted by Crippen LogP contribution is -2.17. The van der Waals surface area contributed by atoms with E-state index < -0.39 is 12.0 Å². The number of carbonyl (C=O) groups is 1. The van der Waals surface area contributed by atoms with Crippen molar-refractivity contribution in [1.29, 1.82) is 0 Å². The van der Waals surface area contributed by atoms with Crippen molar-refractivity contribution in [1.82, 2.24) is 0 Å². The minimum atomic E-state index is -0.779. The van der Waals surface area contributed by atoms with Gasteiger partial charge in [0.25, 0.3) is 0 Å². The Morgan fingerprint density at radius 1 is 1.53 bits per heavy atom. The summed E-state index contributed by atoms with van der Waals surface area (Å²) in [6.07, 6.45) is 0. The van der Waals surface area contributed by atoms with Gasteiger partial charge in [0.2, 0.25) is 0 Å². The van der Waals surface area contributed by atoms with Gasteiger partial charge in [0.05, 0.1) is 0 Å². The topological polar surface area (TPSA) is 75.1 Å². The lowest BCUT2D eigenvalue weighted by Gasteiger charge is -2.06. The van der Waals surface area contributed by atoms with E-state index >= 15 is 0 Å². The molecule has 1 atom stereocenters. The molecule has 15 heavy (non-hydrogen) atoms. The molecule has 5 nitrogen and oxygen atoms in total. The maximum atomic E-state index is 11.2. The van der Waals surface area contributed by atoms with E-state index in [4.69, 9.17) is 10.3 Å². The first kappa shape index (κ1) is 11.1. The summed E-state index contributed by atoms with van der Waals surface area (Å²) in [5, 5.41) is 3.24. The second-order valence-electron chi connectivity index (χ2n) is 2.97. The fraction of sp³-hybridized carbons (Fsp3) is 0.300. The molecule has 0 aliphatic rings. The average Bonchev–Trinajstić information content (AvgIpc) is 2.27. The second-order valence-corrected chi connectivity index (χ2v) is 2.97. The predicted molar refractivity (Wildman–Crippen MR) is 54.8 cm³/mol.